The molecule has 0 fully saturated rings. The van der Waals surface area contributed by atoms with Crippen molar-refractivity contribution in [3.05, 3.63) is 87.3 Å². The van der Waals surface area contributed by atoms with Crippen molar-refractivity contribution < 1.29 is 14.0 Å². The predicted octanol–water partition coefficient (Wildman–Crippen LogP) is 5.53. The molecule has 1 aromatic heterocycles. The molecule has 6 nitrogen and oxygen atoms in total. The van der Waals surface area contributed by atoms with Gasteiger partial charge in [0.25, 0.3) is 11.8 Å². The maximum Gasteiger partial charge on any atom is 0.291 e. The van der Waals surface area contributed by atoms with Gasteiger partial charge in [-0.05, 0) is 68.1 Å². The molecule has 4 rings (SSSR count). The number of benzene rings is 2. The molecule has 3 aromatic rings. The lowest BCUT2D eigenvalue weighted by molar-refractivity contribution is 0.0953. The van der Waals surface area contributed by atoms with Gasteiger partial charge in [0.1, 0.15) is 5.76 Å². The number of hydrogen-bond donors (Lipinski definition) is 2. The first kappa shape index (κ1) is 21.8. The second-order valence-corrected chi connectivity index (χ2v) is 8.16. The van der Waals surface area contributed by atoms with E-state index in [1.165, 1.54) is 5.56 Å². The molecule has 2 aromatic carbocycles. The van der Waals surface area contributed by atoms with Crippen molar-refractivity contribution in [3.63, 3.8) is 0 Å². The van der Waals surface area contributed by atoms with Crippen molar-refractivity contribution in [2.24, 2.45) is 5.10 Å². The van der Waals surface area contributed by atoms with E-state index in [4.69, 9.17) is 16.0 Å². The van der Waals surface area contributed by atoms with Gasteiger partial charge in [0.2, 0.25) is 0 Å². The van der Waals surface area contributed by atoms with Gasteiger partial charge in [-0.25, -0.2) is 5.43 Å². The zero-order valence-corrected chi connectivity index (χ0v) is 18.8. The molecule has 0 saturated heterocycles. The molecule has 164 valence electrons. The zero-order valence-electron chi connectivity index (χ0n) is 18.0. The number of carbonyl (C=O) groups is 2. The summed E-state index contributed by atoms with van der Waals surface area (Å²) in [5, 5.41) is 7.81. The highest BCUT2D eigenvalue weighted by Gasteiger charge is 2.28. The van der Waals surface area contributed by atoms with Gasteiger partial charge in [0.15, 0.2) is 5.76 Å². The Balaban J connectivity index is 1.54. The summed E-state index contributed by atoms with van der Waals surface area (Å²) in [6, 6.07) is 14.3. The quantitative estimate of drug-likeness (QED) is 0.502. The van der Waals surface area contributed by atoms with Gasteiger partial charge in [0.05, 0.1) is 5.71 Å². The van der Waals surface area contributed by atoms with Crippen LogP contribution in [-0.2, 0) is 12.8 Å². The molecule has 2 N–H and O–H groups in total. The Labute approximate surface area is 191 Å². The van der Waals surface area contributed by atoms with Crippen LogP contribution < -0.4 is 10.7 Å². The van der Waals surface area contributed by atoms with Gasteiger partial charge in [-0.1, -0.05) is 30.7 Å². The van der Waals surface area contributed by atoms with Crippen molar-refractivity contribution >= 4 is 34.8 Å². The number of hydrazone groups is 1. The Bertz CT molecular complexity index is 1180. The third kappa shape index (κ3) is 4.60. The minimum Gasteiger partial charge on any atom is -0.455 e. The molecule has 7 heteroatoms. The van der Waals surface area contributed by atoms with Gasteiger partial charge in [-0.2, -0.15) is 5.10 Å². The van der Waals surface area contributed by atoms with Crippen LogP contribution in [0.3, 0.4) is 0 Å². The van der Waals surface area contributed by atoms with E-state index in [1.807, 2.05) is 31.2 Å². The molecule has 32 heavy (non-hydrogen) atoms. The van der Waals surface area contributed by atoms with Gasteiger partial charge in [-0.3, -0.25) is 9.59 Å². The van der Waals surface area contributed by atoms with Crippen molar-refractivity contribution in [3.8, 4) is 0 Å². The Kier molecular flexibility index (Phi) is 6.42. The maximum atomic E-state index is 12.9. The summed E-state index contributed by atoms with van der Waals surface area (Å²) < 4.78 is 5.93. The standard InChI is InChI=1S/C25H24ClN3O3/c1-3-16-7-13-19(14-8-16)27-25(31)23-15(2)22-20(5-4-6-21(22)32-23)28-29-24(30)17-9-11-18(26)12-10-17/h7-14H,3-6H2,1-2H3,(H,27,31)(H,29,30)/b28-20+. The minimum atomic E-state index is -0.323. The number of amides is 2. The molecule has 0 aliphatic heterocycles. The summed E-state index contributed by atoms with van der Waals surface area (Å²) in [4.78, 5) is 25.3. The van der Waals surface area contributed by atoms with E-state index in [1.54, 1.807) is 24.3 Å². The summed E-state index contributed by atoms with van der Waals surface area (Å²) in [6.07, 6.45) is 3.18. The smallest absolute Gasteiger partial charge is 0.291 e. The van der Waals surface area contributed by atoms with Crippen LogP contribution in [-0.4, -0.2) is 17.5 Å². The van der Waals surface area contributed by atoms with Crippen LogP contribution >= 0.6 is 11.6 Å². The lowest BCUT2D eigenvalue weighted by atomic mass is 9.93. The van der Waals surface area contributed by atoms with Gasteiger partial charge in [0, 0.05) is 33.8 Å². The van der Waals surface area contributed by atoms with E-state index in [-0.39, 0.29) is 17.6 Å². The number of fused-ring (bicyclic) bond motifs is 1. The molecule has 1 aliphatic rings. The molecule has 2 amide bonds. The van der Waals surface area contributed by atoms with E-state index < -0.39 is 0 Å². The fourth-order valence-corrected chi connectivity index (χ4v) is 3.92. The summed E-state index contributed by atoms with van der Waals surface area (Å²) in [7, 11) is 0. The van der Waals surface area contributed by atoms with Crippen molar-refractivity contribution in [1.82, 2.24) is 5.43 Å². The monoisotopic (exact) mass is 449 g/mol. The van der Waals surface area contributed by atoms with Crippen LogP contribution in [0.25, 0.3) is 0 Å². The third-order valence-electron chi connectivity index (χ3n) is 5.55. The highest BCUT2D eigenvalue weighted by molar-refractivity contribution is 6.30. The normalized spacial score (nSPS) is 14.2. The van der Waals surface area contributed by atoms with Crippen molar-refractivity contribution in [2.45, 2.75) is 39.5 Å². The van der Waals surface area contributed by atoms with Crippen molar-refractivity contribution in [2.75, 3.05) is 5.32 Å². The van der Waals surface area contributed by atoms with Crippen LogP contribution in [0.5, 0.6) is 0 Å². The Hall–Kier alpha value is -3.38. The zero-order chi connectivity index (χ0) is 22.7. The van der Waals surface area contributed by atoms with Crippen LogP contribution in [0.15, 0.2) is 58.0 Å². The topological polar surface area (TPSA) is 83.7 Å². The molecular weight excluding hydrogens is 426 g/mol. The number of anilines is 1. The first-order chi connectivity index (χ1) is 15.5. The van der Waals surface area contributed by atoms with Crippen LogP contribution in [0, 0.1) is 6.92 Å². The number of hydrogen-bond acceptors (Lipinski definition) is 4. The average Bonchev–Trinajstić information content (AvgIpc) is 3.15. The van der Waals surface area contributed by atoms with E-state index in [9.17, 15) is 9.59 Å². The summed E-state index contributed by atoms with van der Waals surface area (Å²) in [5.41, 5.74) is 7.23. The number of aryl methyl sites for hydroxylation is 2. The molecule has 0 spiro atoms. The number of carbonyl (C=O) groups excluding carboxylic acids is 2. The summed E-state index contributed by atoms with van der Waals surface area (Å²) >= 11 is 5.88. The summed E-state index contributed by atoms with van der Waals surface area (Å²) in [6.45, 7) is 3.93. The number of nitrogens with zero attached hydrogens (tertiary/aromatic N) is 1. The Morgan fingerprint density at radius 1 is 1.03 bits per heavy atom. The number of rotatable bonds is 5. The molecule has 0 radical (unpaired) electrons. The second kappa shape index (κ2) is 9.40. The first-order valence-electron chi connectivity index (χ1n) is 10.6. The average molecular weight is 450 g/mol. The third-order valence-corrected chi connectivity index (χ3v) is 5.80. The molecular formula is C25H24ClN3O3. The highest BCUT2D eigenvalue weighted by atomic mass is 35.5. The van der Waals surface area contributed by atoms with Crippen molar-refractivity contribution in [1.29, 1.82) is 0 Å². The predicted molar refractivity (Wildman–Crippen MR) is 126 cm³/mol. The van der Waals surface area contributed by atoms with Crippen LogP contribution in [0.2, 0.25) is 5.02 Å². The maximum absolute atomic E-state index is 12.9. The van der Waals surface area contributed by atoms with Gasteiger partial charge < -0.3 is 9.73 Å². The lowest BCUT2D eigenvalue weighted by Crippen LogP contribution is -2.22. The Morgan fingerprint density at radius 3 is 2.44 bits per heavy atom. The van der Waals surface area contributed by atoms with E-state index in [0.717, 1.165) is 36.1 Å². The number of furan rings is 1. The van der Waals surface area contributed by atoms with E-state index >= 15 is 0 Å². The molecule has 1 aliphatic carbocycles. The fourth-order valence-electron chi connectivity index (χ4n) is 3.79. The first-order valence-corrected chi connectivity index (χ1v) is 11.0. The van der Waals surface area contributed by atoms with Gasteiger partial charge in [-0.15, -0.1) is 0 Å². The van der Waals surface area contributed by atoms with Crippen LogP contribution in [0.1, 0.15) is 63.1 Å². The SMILES string of the molecule is CCc1ccc(NC(=O)c2oc3c(c2C)/C(=N/NC(=O)c2ccc(Cl)cc2)CCC3)cc1. The lowest BCUT2D eigenvalue weighted by Gasteiger charge is -2.13. The Morgan fingerprint density at radius 2 is 1.75 bits per heavy atom. The molecule has 0 bridgehead atoms. The second-order valence-electron chi connectivity index (χ2n) is 7.72. The molecule has 1 heterocycles. The van der Waals surface area contributed by atoms with E-state index in [0.29, 0.717) is 28.4 Å². The largest absolute Gasteiger partial charge is 0.455 e. The summed E-state index contributed by atoms with van der Waals surface area (Å²) in [5.74, 6) is 0.370. The number of nitrogens with one attached hydrogen (secondary N) is 2. The van der Waals surface area contributed by atoms with E-state index in [2.05, 4.69) is 22.8 Å². The fraction of sp³-hybridized carbons (Fsp3) is 0.240. The highest BCUT2D eigenvalue weighted by Crippen LogP contribution is 2.30. The van der Waals surface area contributed by atoms with Crippen LogP contribution in [0.4, 0.5) is 5.69 Å². The minimum absolute atomic E-state index is 0.271. The number of halogens is 1. The van der Waals surface area contributed by atoms with Gasteiger partial charge >= 0.3 is 0 Å². The molecule has 0 saturated carbocycles. The molecule has 0 atom stereocenters. The molecule has 0 unspecified atom stereocenters.